The lowest BCUT2D eigenvalue weighted by molar-refractivity contribution is -0.248. The number of hydrogen-bond acceptors (Lipinski definition) is 3. The topological polar surface area (TPSA) is 36.3 Å². The van der Waals surface area contributed by atoms with E-state index in [0.29, 0.717) is 0 Å². The van der Waals surface area contributed by atoms with Crippen molar-refractivity contribution < 1.29 is 13.9 Å². The molecule has 1 saturated heterocycles. The van der Waals surface area contributed by atoms with Gasteiger partial charge in [0.1, 0.15) is 5.82 Å². The lowest BCUT2D eigenvalue weighted by atomic mass is 9.62. The number of halogens is 1. The van der Waals surface area contributed by atoms with Gasteiger partial charge in [-0.3, -0.25) is 0 Å². The van der Waals surface area contributed by atoms with E-state index in [1.807, 2.05) is 10.9 Å². The molecule has 0 bridgehead atoms. The molecule has 2 aromatic rings. The van der Waals surface area contributed by atoms with Crippen LogP contribution in [-0.4, -0.2) is 27.8 Å². The Morgan fingerprint density at radius 1 is 1.10 bits per heavy atom. The van der Waals surface area contributed by atoms with E-state index in [2.05, 4.69) is 31.9 Å². The van der Waals surface area contributed by atoms with Crippen LogP contribution in [0.3, 0.4) is 0 Å². The van der Waals surface area contributed by atoms with Gasteiger partial charge in [0.2, 0.25) is 0 Å². The molecule has 1 spiro atoms. The fourth-order valence-corrected chi connectivity index (χ4v) is 5.91. The van der Waals surface area contributed by atoms with Crippen molar-refractivity contribution in [3.63, 3.8) is 0 Å². The Morgan fingerprint density at radius 2 is 1.77 bits per heavy atom. The third kappa shape index (κ3) is 3.28. The molecule has 3 atom stereocenters. The SMILES string of the molecule is CCC[C@H]1OC2(CCCC3=Cc4c(cnn4-c4ccc(F)cc4)C[C@@]32C)O[C@@H]1CCC. The van der Waals surface area contributed by atoms with Crippen LogP contribution in [0.25, 0.3) is 11.8 Å². The van der Waals surface area contributed by atoms with Crippen LogP contribution in [-0.2, 0) is 15.9 Å². The Hall–Kier alpha value is -1.98. The molecule has 1 aromatic heterocycles. The Labute approximate surface area is 184 Å². The molecule has 5 rings (SSSR count). The summed E-state index contributed by atoms with van der Waals surface area (Å²) in [6, 6.07) is 6.54. The molecule has 1 aliphatic heterocycles. The van der Waals surface area contributed by atoms with Crippen LogP contribution in [0, 0.1) is 11.2 Å². The van der Waals surface area contributed by atoms with Crippen molar-refractivity contribution in [3.8, 4) is 5.69 Å². The van der Waals surface area contributed by atoms with Crippen molar-refractivity contribution in [1.29, 1.82) is 0 Å². The molecule has 3 aliphatic rings. The maximum absolute atomic E-state index is 13.4. The Kier molecular flexibility index (Phi) is 5.30. The molecule has 5 heteroatoms. The van der Waals surface area contributed by atoms with Crippen LogP contribution in [0.15, 0.2) is 36.0 Å². The minimum absolute atomic E-state index is 0.185. The normalized spacial score (nSPS) is 29.0. The lowest BCUT2D eigenvalue weighted by Crippen LogP contribution is -2.53. The minimum atomic E-state index is -0.549. The highest BCUT2D eigenvalue weighted by Crippen LogP contribution is 2.58. The monoisotopic (exact) mass is 424 g/mol. The molecule has 0 radical (unpaired) electrons. The van der Waals surface area contributed by atoms with E-state index in [0.717, 1.165) is 62.7 Å². The molecule has 2 fully saturated rings. The van der Waals surface area contributed by atoms with E-state index in [1.165, 1.54) is 23.3 Å². The van der Waals surface area contributed by atoms with Gasteiger partial charge in [-0.1, -0.05) is 39.2 Å². The van der Waals surface area contributed by atoms with Crippen molar-refractivity contribution in [2.24, 2.45) is 5.41 Å². The van der Waals surface area contributed by atoms with E-state index in [-0.39, 0.29) is 23.4 Å². The van der Waals surface area contributed by atoms with Crippen LogP contribution >= 0.6 is 0 Å². The maximum atomic E-state index is 13.4. The molecule has 0 N–H and O–H groups in total. The molecule has 0 amide bonds. The number of fused-ring (bicyclic) bond motifs is 3. The molecule has 2 aliphatic carbocycles. The van der Waals surface area contributed by atoms with Gasteiger partial charge in [0.25, 0.3) is 0 Å². The largest absolute Gasteiger partial charge is 0.343 e. The second-order valence-electron chi connectivity index (χ2n) is 9.62. The average molecular weight is 425 g/mol. The minimum Gasteiger partial charge on any atom is -0.343 e. The zero-order chi connectivity index (χ0) is 21.6. The first-order valence-electron chi connectivity index (χ1n) is 11.9. The van der Waals surface area contributed by atoms with Gasteiger partial charge in [-0.15, -0.1) is 0 Å². The molecule has 4 nitrogen and oxygen atoms in total. The Morgan fingerprint density at radius 3 is 2.42 bits per heavy atom. The van der Waals surface area contributed by atoms with Gasteiger partial charge < -0.3 is 9.47 Å². The van der Waals surface area contributed by atoms with E-state index in [1.54, 1.807) is 12.1 Å². The van der Waals surface area contributed by atoms with Crippen LogP contribution < -0.4 is 0 Å². The Balaban J connectivity index is 1.52. The van der Waals surface area contributed by atoms with Gasteiger partial charge in [0.05, 0.1) is 29.8 Å². The summed E-state index contributed by atoms with van der Waals surface area (Å²) >= 11 is 0. The molecule has 31 heavy (non-hydrogen) atoms. The van der Waals surface area contributed by atoms with Crippen molar-refractivity contribution >= 4 is 6.08 Å². The summed E-state index contributed by atoms with van der Waals surface area (Å²) < 4.78 is 29.1. The first-order chi connectivity index (χ1) is 15.0. The average Bonchev–Trinajstić information content (AvgIpc) is 3.31. The first kappa shape index (κ1) is 20.9. The lowest BCUT2D eigenvalue weighted by Gasteiger charge is -2.51. The maximum Gasteiger partial charge on any atom is 0.178 e. The second kappa shape index (κ2) is 7.86. The van der Waals surface area contributed by atoms with Gasteiger partial charge >= 0.3 is 0 Å². The van der Waals surface area contributed by atoms with E-state index >= 15 is 0 Å². The summed E-state index contributed by atoms with van der Waals surface area (Å²) in [6.45, 7) is 6.78. The predicted octanol–water partition coefficient (Wildman–Crippen LogP) is 6.22. The van der Waals surface area contributed by atoms with Crippen LogP contribution in [0.4, 0.5) is 4.39 Å². The molecule has 1 saturated carbocycles. The highest BCUT2D eigenvalue weighted by molar-refractivity contribution is 5.62. The third-order valence-corrected chi connectivity index (χ3v) is 7.56. The smallest absolute Gasteiger partial charge is 0.178 e. The van der Waals surface area contributed by atoms with Crippen molar-refractivity contribution in [1.82, 2.24) is 9.78 Å². The molecule has 0 unspecified atom stereocenters. The highest BCUT2D eigenvalue weighted by Gasteiger charge is 2.61. The number of ether oxygens (including phenoxy) is 2. The molecular weight excluding hydrogens is 391 g/mol. The van der Waals surface area contributed by atoms with Crippen LogP contribution in [0.1, 0.15) is 77.0 Å². The van der Waals surface area contributed by atoms with Gasteiger partial charge in [-0.2, -0.15) is 5.10 Å². The molecule has 166 valence electrons. The summed E-state index contributed by atoms with van der Waals surface area (Å²) in [5.74, 6) is -0.782. The van der Waals surface area contributed by atoms with Crippen molar-refractivity contribution in [2.45, 2.75) is 90.1 Å². The molecule has 1 aromatic carbocycles. The number of nitrogens with zero attached hydrogens (tertiary/aromatic N) is 2. The number of aromatic nitrogens is 2. The number of rotatable bonds is 5. The van der Waals surface area contributed by atoms with Gasteiger partial charge in [-0.05, 0) is 68.0 Å². The summed E-state index contributed by atoms with van der Waals surface area (Å²) in [7, 11) is 0. The second-order valence-corrected chi connectivity index (χ2v) is 9.62. The van der Waals surface area contributed by atoms with E-state index in [9.17, 15) is 4.39 Å². The first-order valence-corrected chi connectivity index (χ1v) is 11.9. The number of hydrogen-bond donors (Lipinski definition) is 0. The summed E-state index contributed by atoms with van der Waals surface area (Å²) in [6.07, 6.45) is 12.9. The zero-order valence-corrected chi connectivity index (χ0v) is 18.9. The standard InChI is InChI=1S/C26H33FN2O2/c1-4-7-23-24(8-5-2)31-26(30-23)14-6-9-19-15-22-18(16-25(19,26)3)17-28-29(22)21-12-10-20(27)11-13-21/h10-13,15,17,23-24H,4-9,14,16H2,1-3H3/t23-,24-,25+/m1/s1. The van der Waals surface area contributed by atoms with Gasteiger partial charge in [-0.25, -0.2) is 9.07 Å². The van der Waals surface area contributed by atoms with Crippen LogP contribution in [0.2, 0.25) is 0 Å². The highest BCUT2D eigenvalue weighted by atomic mass is 19.1. The quantitative estimate of drug-likeness (QED) is 0.571. The summed E-state index contributed by atoms with van der Waals surface area (Å²) in [4.78, 5) is 0. The van der Waals surface area contributed by atoms with Gasteiger partial charge in [0, 0.05) is 11.8 Å². The number of benzene rings is 1. The zero-order valence-electron chi connectivity index (χ0n) is 18.9. The summed E-state index contributed by atoms with van der Waals surface area (Å²) in [5, 5.41) is 4.66. The van der Waals surface area contributed by atoms with Crippen molar-refractivity contribution in [2.75, 3.05) is 0 Å². The van der Waals surface area contributed by atoms with Crippen LogP contribution in [0.5, 0.6) is 0 Å². The fourth-order valence-electron chi connectivity index (χ4n) is 5.91. The predicted molar refractivity (Wildman–Crippen MR) is 119 cm³/mol. The van der Waals surface area contributed by atoms with E-state index < -0.39 is 5.79 Å². The Bertz CT molecular complexity index is 966. The third-order valence-electron chi connectivity index (χ3n) is 7.56. The summed E-state index contributed by atoms with van der Waals surface area (Å²) in [5.41, 5.74) is 4.39. The fraction of sp³-hybridized carbons (Fsp3) is 0.577. The molecule has 2 heterocycles. The molecular formula is C26H33FN2O2. The van der Waals surface area contributed by atoms with E-state index in [4.69, 9.17) is 9.47 Å². The van der Waals surface area contributed by atoms with Gasteiger partial charge in [0.15, 0.2) is 5.79 Å². The van der Waals surface area contributed by atoms with Crippen molar-refractivity contribution in [3.05, 3.63) is 53.1 Å².